The van der Waals surface area contributed by atoms with Gasteiger partial charge in [-0.25, -0.2) is 4.79 Å². The van der Waals surface area contributed by atoms with Crippen LogP contribution >= 0.6 is 23.5 Å². The minimum Gasteiger partial charge on any atom is -0.450 e. The molecule has 8 heteroatoms. The smallest absolute Gasteiger partial charge is 0.355 e. The third-order valence-corrected chi connectivity index (χ3v) is 5.48. The summed E-state index contributed by atoms with van der Waals surface area (Å²) in [5.74, 6) is 2.96. The van der Waals surface area contributed by atoms with Crippen LogP contribution in [-0.2, 0) is 14.3 Å². The van der Waals surface area contributed by atoms with Gasteiger partial charge in [0.15, 0.2) is 0 Å². The Hall–Kier alpha value is -2.11. The Morgan fingerprint density at radius 1 is 1.54 bits per heavy atom. The van der Waals surface area contributed by atoms with Crippen molar-refractivity contribution in [2.24, 2.45) is 0 Å². The average Bonchev–Trinajstić information content (AvgIpc) is 2.59. The fraction of sp³-hybridized carbons (Fsp3) is 0.312. The number of aromatic nitrogens is 1. The molecule has 1 aromatic rings. The first-order valence-corrected chi connectivity index (χ1v) is 9.35. The normalized spacial score (nSPS) is 18.8. The molecule has 0 aromatic carbocycles. The second kappa shape index (κ2) is 7.64. The highest BCUT2D eigenvalue weighted by Gasteiger charge is 2.43. The third kappa shape index (κ3) is 3.68. The Kier molecular flexibility index (Phi) is 5.33. The Labute approximate surface area is 148 Å². The molecule has 24 heavy (non-hydrogen) atoms. The lowest BCUT2D eigenvalue weighted by Gasteiger charge is -2.42. The van der Waals surface area contributed by atoms with Crippen LogP contribution in [0.25, 0.3) is 0 Å². The zero-order chi connectivity index (χ0) is 16.9. The second-order valence-electron chi connectivity index (χ2n) is 5.02. The summed E-state index contributed by atoms with van der Waals surface area (Å²) in [4.78, 5) is 26.3. The van der Waals surface area contributed by atoms with Gasteiger partial charge in [0.25, 0.3) is 0 Å². The monoisotopic (exact) mass is 362 g/mol. The molecule has 1 aromatic heterocycles. The number of rotatable bonds is 6. The number of pyridine rings is 1. The standard InChI is InChI=1S/C16H16N3O3S2/c1-2-6-17-18-7-3-12(4-8-18)24-11-22-16(21)13-5-9-23-15-10-14(20)19(13)15/h1,3-5,7-8,15,17H,6,9-11H2/q+1/t15-/m0/s1. The SMILES string of the molecule is C#CCN[n+]1ccc(SCOC(=O)C2=CCS[C@H]3CC(=O)N23)cc1. The number of terminal acetylenes is 1. The van der Waals surface area contributed by atoms with Gasteiger partial charge in [0.1, 0.15) is 18.2 Å². The highest BCUT2D eigenvalue weighted by molar-refractivity contribution is 8.00. The first-order valence-electron chi connectivity index (χ1n) is 7.31. The quantitative estimate of drug-likeness (QED) is 0.203. The van der Waals surface area contributed by atoms with Crippen LogP contribution in [0.1, 0.15) is 6.42 Å². The lowest BCUT2D eigenvalue weighted by atomic mass is 10.1. The van der Waals surface area contributed by atoms with Gasteiger partial charge in [0.05, 0.1) is 11.8 Å². The van der Waals surface area contributed by atoms with E-state index in [1.54, 1.807) is 22.5 Å². The molecule has 0 bridgehead atoms. The van der Waals surface area contributed by atoms with E-state index >= 15 is 0 Å². The molecule has 1 atom stereocenters. The summed E-state index contributed by atoms with van der Waals surface area (Å²) in [6.45, 7) is 0.443. The van der Waals surface area contributed by atoms with Gasteiger partial charge < -0.3 is 4.74 Å². The van der Waals surface area contributed by atoms with Crippen molar-refractivity contribution < 1.29 is 19.0 Å². The van der Waals surface area contributed by atoms with Crippen molar-refractivity contribution in [1.29, 1.82) is 0 Å². The van der Waals surface area contributed by atoms with Crippen LogP contribution in [0.15, 0.2) is 41.2 Å². The zero-order valence-electron chi connectivity index (χ0n) is 12.8. The van der Waals surface area contributed by atoms with Crippen molar-refractivity contribution in [2.75, 3.05) is 23.7 Å². The average molecular weight is 362 g/mol. The number of nitrogens with zero attached hydrogens (tertiary/aromatic N) is 2. The molecule has 2 aliphatic rings. The number of hydrogen-bond donors (Lipinski definition) is 1. The molecule has 0 spiro atoms. The molecule has 2 aliphatic heterocycles. The maximum absolute atomic E-state index is 12.2. The summed E-state index contributed by atoms with van der Waals surface area (Å²) in [7, 11) is 0. The topological polar surface area (TPSA) is 62.5 Å². The number of esters is 1. The van der Waals surface area contributed by atoms with E-state index in [9.17, 15) is 9.59 Å². The van der Waals surface area contributed by atoms with Crippen molar-refractivity contribution >= 4 is 35.4 Å². The molecule has 1 amide bonds. The van der Waals surface area contributed by atoms with Crippen molar-refractivity contribution in [3.05, 3.63) is 36.3 Å². The molecule has 1 fully saturated rings. The first kappa shape index (κ1) is 16.7. The van der Waals surface area contributed by atoms with Crippen LogP contribution in [0.4, 0.5) is 0 Å². The molecule has 3 rings (SSSR count). The number of thioether (sulfide) groups is 2. The molecular formula is C16H16N3O3S2+. The zero-order valence-corrected chi connectivity index (χ0v) is 14.4. The fourth-order valence-corrected chi connectivity index (χ4v) is 4.04. The van der Waals surface area contributed by atoms with Gasteiger partial charge in [-0.2, -0.15) is 5.43 Å². The molecular weight excluding hydrogens is 346 g/mol. The fourth-order valence-electron chi connectivity index (χ4n) is 2.30. The predicted molar refractivity (Wildman–Crippen MR) is 92.3 cm³/mol. The minimum atomic E-state index is -0.442. The van der Waals surface area contributed by atoms with Crippen LogP contribution in [0.3, 0.4) is 0 Å². The molecule has 0 unspecified atom stereocenters. The predicted octanol–water partition coefficient (Wildman–Crippen LogP) is 0.933. The highest BCUT2D eigenvalue weighted by Crippen LogP contribution is 2.37. The lowest BCUT2D eigenvalue weighted by Crippen LogP contribution is -2.53. The second-order valence-corrected chi connectivity index (χ2v) is 7.23. The summed E-state index contributed by atoms with van der Waals surface area (Å²) >= 11 is 3.07. The minimum absolute atomic E-state index is 0.0184. The number of amides is 1. The van der Waals surface area contributed by atoms with E-state index in [-0.39, 0.29) is 17.2 Å². The lowest BCUT2D eigenvalue weighted by molar-refractivity contribution is -0.649. The highest BCUT2D eigenvalue weighted by atomic mass is 32.2. The number of nitrogens with one attached hydrogen (secondary N) is 1. The molecule has 0 aliphatic carbocycles. The first-order chi connectivity index (χ1) is 11.7. The van der Waals surface area contributed by atoms with Crippen LogP contribution in [0.2, 0.25) is 0 Å². The molecule has 1 N–H and O–H groups in total. The van der Waals surface area contributed by atoms with Crippen LogP contribution in [0.5, 0.6) is 0 Å². The molecule has 3 heterocycles. The summed E-state index contributed by atoms with van der Waals surface area (Å²) in [6.07, 6.45) is 11.1. The van der Waals surface area contributed by atoms with Gasteiger partial charge in [-0.15, -0.1) is 18.2 Å². The number of carbonyl (C=O) groups is 2. The Morgan fingerprint density at radius 2 is 2.33 bits per heavy atom. The number of fused-ring (bicyclic) bond motifs is 1. The van der Waals surface area contributed by atoms with E-state index in [4.69, 9.17) is 11.2 Å². The van der Waals surface area contributed by atoms with Crippen LogP contribution in [-0.4, -0.2) is 40.4 Å². The van der Waals surface area contributed by atoms with Gasteiger partial charge in [0, 0.05) is 22.8 Å². The molecule has 0 saturated carbocycles. The van der Waals surface area contributed by atoms with Gasteiger partial charge in [-0.1, -0.05) is 22.4 Å². The summed E-state index contributed by atoms with van der Waals surface area (Å²) in [6, 6.07) is 3.79. The Balaban J connectivity index is 1.48. The van der Waals surface area contributed by atoms with Crippen molar-refractivity contribution in [3.63, 3.8) is 0 Å². The summed E-state index contributed by atoms with van der Waals surface area (Å²) in [5, 5.41) is 0.0952. The van der Waals surface area contributed by atoms with E-state index in [2.05, 4.69) is 11.3 Å². The van der Waals surface area contributed by atoms with E-state index in [1.165, 1.54) is 16.7 Å². The van der Waals surface area contributed by atoms with E-state index < -0.39 is 5.97 Å². The van der Waals surface area contributed by atoms with E-state index in [0.717, 1.165) is 10.6 Å². The largest absolute Gasteiger partial charge is 0.450 e. The number of hydrogen-bond acceptors (Lipinski definition) is 6. The maximum Gasteiger partial charge on any atom is 0.355 e. The van der Waals surface area contributed by atoms with Gasteiger partial charge >= 0.3 is 5.97 Å². The van der Waals surface area contributed by atoms with Gasteiger partial charge in [-0.3, -0.25) is 9.69 Å². The van der Waals surface area contributed by atoms with Crippen LogP contribution < -0.4 is 10.1 Å². The molecule has 0 radical (unpaired) electrons. The molecule has 6 nitrogen and oxygen atoms in total. The Bertz CT molecular complexity index is 712. The molecule has 1 saturated heterocycles. The van der Waals surface area contributed by atoms with Crippen LogP contribution in [0, 0.1) is 12.3 Å². The number of β-lactam (4-membered cyclic amide) rings is 1. The maximum atomic E-state index is 12.2. The third-order valence-electron chi connectivity index (χ3n) is 3.52. The molecule has 124 valence electrons. The van der Waals surface area contributed by atoms with Gasteiger partial charge in [-0.05, 0) is 6.08 Å². The summed E-state index contributed by atoms with van der Waals surface area (Å²) < 4.78 is 7.05. The van der Waals surface area contributed by atoms with E-state index in [1.807, 2.05) is 24.5 Å². The van der Waals surface area contributed by atoms with Gasteiger partial charge in [0.2, 0.25) is 18.3 Å². The summed E-state index contributed by atoms with van der Waals surface area (Å²) in [5.41, 5.74) is 3.37. The van der Waals surface area contributed by atoms with Crippen molar-refractivity contribution in [1.82, 2.24) is 4.90 Å². The van der Waals surface area contributed by atoms with E-state index in [0.29, 0.717) is 18.7 Å². The Morgan fingerprint density at radius 3 is 3.04 bits per heavy atom. The van der Waals surface area contributed by atoms with Crippen molar-refractivity contribution in [3.8, 4) is 12.3 Å². The van der Waals surface area contributed by atoms with Crippen molar-refractivity contribution in [2.45, 2.75) is 16.7 Å². The number of ether oxygens (including phenoxy) is 1. The number of carbonyl (C=O) groups excluding carboxylic acids is 2.